The van der Waals surface area contributed by atoms with Gasteiger partial charge in [0.05, 0.1) is 33.8 Å². The molecule has 11 aromatic rings. The molecule has 0 aliphatic carbocycles. The van der Waals surface area contributed by atoms with Crippen molar-refractivity contribution in [3.05, 3.63) is 207 Å². The highest BCUT2D eigenvalue weighted by molar-refractivity contribution is 6.21. The molecule has 1 aliphatic heterocycles. The first-order valence-electron chi connectivity index (χ1n) is 20.1. The summed E-state index contributed by atoms with van der Waals surface area (Å²) in [5.74, 6) is 1.66. The van der Waals surface area contributed by atoms with Gasteiger partial charge in [0.2, 0.25) is 0 Å². The monoisotopic (exact) mass is 766 g/mol. The van der Waals surface area contributed by atoms with E-state index in [9.17, 15) is 0 Å². The molecular weight excluding hydrogens is 733 g/mol. The van der Waals surface area contributed by atoms with Gasteiger partial charge in [-0.25, -0.2) is 9.97 Å². The summed E-state index contributed by atoms with van der Waals surface area (Å²) in [4.78, 5) is 21.8. The largest absolute Gasteiger partial charge is 0.294 e. The standard InChI is InChI=1S/C54H34N6/c1-3-12-35(13-4-1)37-20-25-48-43(30-37)45-31-44-42-24-23-40(36-14-5-2-6-15-36)41-16-11-19-49(54(41)42)60(53-27-22-39(34-58-53)47-18-8-10-29-56-47)50(44)32-51(45)59(48)52-26-21-38(33-57-52)46-17-7-9-28-55-46/h1-34H. The van der Waals surface area contributed by atoms with E-state index in [2.05, 4.69) is 165 Å². The van der Waals surface area contributed by atoms with Gasteiger partial charge in [-0.1, -0.05) is 103 Å². The Labute approximate surface area is 346 Å². The molecule has 5 aromatic heterocycles. The minimum absolute atomic E-state index is 0.824. The molecule has 0 saturated carbocycles. The number of hydrogen-bond acceptors (Lipinski definition) is 5. The first kappa shape index (κ1) is 33.9. The Morgan fingerprint density at radius 2 is 0.967 bits per heavy atom. The van der Waals surface area contributed by atoms with Crippen LogP contribution in [0.4, 0.5) is 17.2 Å². The van der Waals surface area contributed by atoms with Crippen molar-refractivity contribution in [2.24, 2.45) is 0 Å². The molecule has 1 aliphatic rings. The molecule has 0 bridgehead atoms. The number of pyridine rings is 4. The fraction of sp³-hybridized carbons (Fsp3) is 0. The van der Waals surface area contributed by atoms with Crippen LogP contribution in [-0.4, -0.2) is 24.5 Å². The zero-order chi connectivity index (χ0) is 39.6. The number of fused-ring (bicyclic) bond motifs is 5. The van der Waals surface area contributed by atoms with Crippen molar-refractivity contribution in [1.82, 2.24) is 24.5 Å². The topological polar surface area (TPSA) is 59.7 Å². The number of nitrogens with zero attached hydrogens (tertiary/aromatic N) is 6. The van der Waals surface area contributed by atoms with Crippen molar-refractivity contribution in [2.45, 2.75) is 0 Å². The van der Waals surface area contributed by atoms with Gasteiger partial charge in [0, 0.05) is 57.6 Å². The predicted molar refractivity (Wildman–Crippen MR) is 245 cm³/mol. The number of benzene rings is 6. The average Bonchev–Trinajstić information content (AvgIpc) is 3.65. The average molecular weight is 767 g/mol. The molecule has 0 saturated heterocycles. The fourth-order valence-electron chi connectivity index (χ4n) is 8.96. The summed E-state index contributed by atoms with van der Waals surface area (Å²) in [5, 5.41) is 4.70. The van der Waals surface area contributed by atoms with Crippen LogP contribution in [0.1, 0.15) is 0 Å². The summed E-state index contributed by atoms with van der Waals surface area (Å²) in [7, 11) is 0. The van der Waals surface area contributed by atoms with Gasteiger partial charge < -0.3 is 0 Å². The van der Waals surface area contributed by atoms with Crippen molar-refractivity contribution in [3.8, 4) is 61.7 Å². The van der Waals surface area contributed by atoms with Gasteiger partial charge >= 0.3 is 0 Å². The summed E-state index contributed by atoms with van der Waals surface area (Å²) in [6.07, 6.45) is 7.49. The fourth-order valence-corrected chi connectivity index (χ4v) is 8.96. The number of rotatable bonds is 6. The first-order chi connectivity index (χ1) is 29.8. The highest BCUT2D eigenvalue weighted by atomic mass is 15.2. The molecule has 60 heavy (non-hydrogen) atoms. The Bertz CT molecular complexity index is 3380. The van der Waals surface area contributed by atoms with Crippen LogP contribution in [-0.2, 0) is 0 Å². The van der Waals surface area contributed by atoms with Crippen LogP contribution >= 0.6 is 0 Å². The predicted octanol–water partition coefficient (Wildman–Crippen LogP) is 13.6. The van der Waals surface area contributed by atoms with Gasteiger partial charge in [-0.2, -0.15) is 0 Å². The molecule has 0 spiro atoms. The SMILES string of the molecule is c1ccc(-c2ccc3c(c2)c2cc4c(cc2n3-c2ccc(-c3ccccn3)cn2)N(c2ccc(-c3ccccn3)cn2)c2cccc3c(-c5ccccc5)ccc-4c23)cc1. The molecular formula is C54H34N6. The zero-order valence-corrected chi connectivity index (χ0v) is 32.3. The summed E-state index contributed by atoms with van der Waals surface area (Å²) in [6.45, 7) is 0. The van der Waals surface area contributed by atoms with E-state index in [1.807, 2.05) is 61.2 Å². The second-order valence-corrected chi connectivity index (χ2v) is 15.1. The summed E-state index contributed by atoms with van der Waals surface area (Å²) in [5.41, 5.74) is 15.0. The van der Waals surface area contributed by atoms with Gasteiger partial charge in [0.1, 0.15) is 11.6 Å². The minimum atomic E-state index is 0.824. The van der Waals surface area contributed by atoms with Crippen molar-refractivity contribution >= 4 is 49.8 Å². The Hall–Kier alpha value is -8.22. The molecule has 0 radical (unpaired) electrons. The van der Waals surface area contributed by atoms with Gasteiger partial charge in [-0.3, -0.25) is 19.4 Å². The van der Waals surface area contributed by atoms with Crippen molar-refractivity contribution in [2.75, 3.05) is 4.90 Å². The Morgan fingerprint density at radius 3 is 1.63 bits per heavy atom. The van der Waals surface area contributed by atoms with Crippen LogP contribution in [0.25, 0.3) is 94.3 Å². The van der Waals surface area contributed by atoms with Crippen LogP contribution in [0.5, 0.6) is 0 Å². The molecule has 0 atom stereocenters. The smallest absolute Gasteiger partial charge is 0.137 e. The molecule has 12 rings (SSSR count). The Morgan fingerprint density at radius 1 is 0.333 bits per heavy atom. The maximum Gasteiger partial charge on any atom is 0.137 e. The summed E-state index contributed by atoms with van der Waals surface area (Å²) in [6, 6.07) is 64.4. The van der Waals surface area contributed by atoms with E-state index in [1.54, 1.807) is 0 Å². The number of anilines is 3. The first-order valence-corrected chi connectivity index (χ1v) is 20.1. The molecule has 0 fully saturated rings. The van der Waals surface area contributed by atoms with E-state index in [0.29, 0.717) is 0 Å². The van der Waals surface area contributed by atoms with Crippen molar-refractivity contribution < 1.29 is 0 Å². The second-order valence-electron chi connectivity index (χ2n) is 15.1. The summed E-state index contributed by atoms with van der Waals surface area (Å²) >= 11 is 0. The van der Waals surface area contributed by atoms with E-state index < -0.39 is 0 Å². The van der Waals surface area contributed by atoms with E-state index in [0.717, 1.165) is 78.5 Å². The molecule has 0 unspecified atom stereocenters. The third kappa shape index (κ3) is 5.42. The summed E-state index contributed by atoms with van der Waals surface area (Å²) < 4.78 is 2.30. The lowest BCUT2D eigenvalue weighted by Gasteiger charge is -2.33. The third-order valence-electron chi connectivity index (χ3n) is 11.7. The van der Waals surface area contributed by atoms with Crippen molar-refractivity contribution in [3.63, 3.8) is 0 Å². The van der Waals surface area contributed by atoms with E-state index in [-0.39, 0.29) is 0 Å². The Balaban J connectivity index is 1.14. The molecule has 0 amide bonds. The number of aromatic nitrogens is 5. The van der Waals surface area contributed by atoms with Crippen LogP contribution in [0.3, 0.4) is 0 Å². The van der Waals surface area contributed by atoms with Gasteiger partial charge in [-0.15, -0.1) is 0 Å². The normalized spacial score (nSPS) is 12.0. The van der Waals surface area contributed by atoms with E-state index >= 15 is 0 Å². The highest BCUT2D eigenvalue weighted by Gasteiger charge is 2.30. The van der Waals surface area contributed by atoms with Crippen LogP contribution in [0.15, 0.2) is 207 Å². The maximum absolute atomic E-state index is 5.17. The maximum atomic E-state index is 5.17. The molecule has 6 heterocycles. The molecule has 0 N–H and O–H groups in total. The van der Waals surface area contributed by atoms with E-state index in [4.69, 9.17) is 9.97 Å². The third-order valence-corrected chi connectivity index (χ3v) is 11.7. The molecule has 6 nitrogen and oxygen atoms in total. The quantitative estimate of drug-likeness (QED) is 0.169. The van der Waals surface area contributed by atoms with Crippen LogP contribution in [0.2, 0.25) is 0 Å². The second kappa shape index (κ2) is 13.7. The lowest BCUT2D eigenvalue weighted by atomic mass is 9.87. The molecule has 280 valence electrons. The van der Waals surface area contributed by atoms with E-state index in [1.165, 1.54) is 33.0 Å². The highest BCUT2D eigenvalue weighted by Crippen LogP contribution is 2.54. The molecule has 6 aromatic carbocycles. The van der Waals surface area contributed by atoms with Gasteiger partial charge in [-0.05, 0) is 112 Å². The lowest BCUT2D eigenvalue weighted by Crippen LogP contribution is -2.16. The van der Waals surface area contributed by atoms with Crippen LogP contribution in [0, 0.1) is 0 Å². The lowest BCUT2D eigenvalue weighted by molar-refractivity contribution is 1.08. The Kier molecular flexibility index (Phi) is 7.74. The minimum Gasteiger partial charge on any atom is -0.294 e. The van der Waals surface area contributed by atoms with Gasteiger partial charge in [0.25, 0.3) is 0 Å². The number of hydrogen-bond donors (Lipinski definition) is 0. The van der Waals surface area contributed by atoms with Crippen molar-refractivity contribution in [1.29, 1.82) is 0 Å². The molecule has 6 heteroatoms. The zero-order valence-electron chi connectivity index (χ0n) is 32.3. The van der Waals surface area contributed by atoms with Crippen LogP contribution < -0.4 is 4.90 Å². The van der Waals surface area contributed by atoms with Gasteiger partial charge in [0.15, 0.2) is 0 Å².